The summed E-state index contributed by atoms with van der Waals surface area (Å²) in [5.41, 5.74) is 2.11. The van der Waals surface area contributed by atoms with Crippen LogP contribution in [-0.4, -0.2) is 29.5 Å². The fraction of sp³-hybridized carbons (Fsp3) is 0.176. The Bertz CT molecular complexity index is 895. The highest BCUT2D eigenvalue weighted by atomic mass is 16.5. The monoisotopic (exact) mass is 311 g/mol. The van der Waals surface area contributed by atoms with Crippen molar-refractivity contribution >= 4 is 16.8 Å². The molecule has 0 bridgehead atoms. The second-order valence-corrected chi connectivity index (χ2v) is 5.14. The van der Waals surface area contributed by atoms with Crippen LogP contribution in [0.1, 0.15) is 16.1 Å². The number of para-hydroxylation sites is 1. The summed E-state index contributed by atoms with van der Waals surface area (Å²) in [5, 5.41) is 3.96. The highest BCUT2D eigenvalue weighted by Gasteiger charge is 2.09. The molecule has 3 rings (SSSR count). The number of pyridine rings is 1. The molecule has 0 aliphatic rings. The first kappa shape index (κ1) is 14.9. The van der Waals surface area contributed by atoms with E-state index >= 15 is 0 Å². The lowest BCUT2D eigenvalue weighted by Crippen LogP contribution is -2.27. The Hall–Kier alpha value is -3.02. The van der Waals surface area contributed by atoms with Crippen molar-refractivity contribution in [1.29, 1.82) is 0 Å². The van der Waals surface area contributed by atoms with Gasteiger partial charge in [-0.1, -0.05) is 18.2 Å². The minimum absolute atomic E-state index is 0.181. The minimum Gasteiger partial charge on any atom is -0.491 e. The summed E-state index contributed by atoms with van der Waals surface area (Å²) in [6.45, 7) is 0.481. The number of benzene rings is 1. The third-order valence-electron chi connectivity index (χ3n) is 3.70. The number of amides is 1. The summed E-state index contributed by atoms with van der Waals surface area (Å²) in [5.74, 6) is -0.134. The highest BCUT2D eigenvalue weighted by Crippen LogP contribution is 2.17. The molecule has 23 heavy (non-hydrogen) atoms. The first-order chi connectivity index (χ1) is 11.2. The van der Waals surface area contributed by atoms with E-state index in [4.69, 9.17) is 4.74 Å². The van der Waals surface area contributed by atoms with Gasteiger partial charge in [-0.3, -0.25) is 9.59 Å². The minimum atomic E-state index is -0.326. The number of hydrogen-bond acceptors (Lipinski definition) is 3. The molecule has 0 radical (unpaired) electrons. The van der Waals surface area contributed by atoms with Gasteiger partial charge >= 0.3 is 0 Å². The van der Waals surface area contributed by atoms with Crippen LogP contribution in [0.15, 0.2) is 47.5 Å². The molecule has 0 atom stereocenters. The lowest BCUT2D eigenvalue weighted by molar-refractivity contribution is 0.0949. The maximum absolute atomic E-state index is 12.1. The van der Waals surface area contributed by atoms with Crippen molar-refractivity contribution in [2.24, 2.45) is 0 Å². The number of ether oxygens (including phenoxy) is 1. The number of carbonyl (C=O) groups excluding carboxylic acids is 1. The van der Waals surface area contributed by atoms with Crippen LogP contribution in [0.4, 0.5) is 0 Å². The van der Waals surface area contributed by atoms with E-state index in [0.29, 0.717) is 13.0 Å². The Balaban J connectivity index is 1.63. The number of methoxy groups -OCH3 is 1. The van der Waals surface area contributed by atoms with Crippen LogP contribution in [0, 0.1) is 0 Å². The molecule has 2 aromatic heterocycles. The molecule has 0 saturated carbocycles. The van der Waals surface area contributed by atoms with Crippen molar-refractivity contribution in [3.05, 3.63) is 64.2 Å². The van der Waals surface area contributed by atoms with Crippen molar-refractivity contribution in [3.8, 4) is 5.75 Å². The molecule has 2 heterocycles. The summed E-state index contributed by atoms with van der Waals surface area (Å²) in [4.78, 5) is 29.7. The molecule has 0 saturated heterocycles. The normalized spacial score (nSPS) is 10.7. The first-order valence-electron chi connectivity index (χ1n) is 7.29. The van der Waals surface area contributed by atoms with Crippen molar-refractivity contribution < 1.29 is 9.53 Å². The number of hydrogen-bond donors (Lipinski definition) is 3. The van der Waals surface area contributed by atoms with Gasteiger partial charge in [-0.15, -0.1) is 0 Å². The zero-order chi connectivity index (χ0) is 16.2. The van der Waals surface area contributed by atoms with Gasteiger partial charge in [0.2, 0.25) is 5.43 Å². The van der Waals surface area contributed by atoms with E-state index in [0.717, 1.165) is 16.5 Å². The maximum atomic E-state index is 12.1. The molecule has 0 aliphatic carbocycles. The SMILES string of the molecule is COc1c[nH]c(C(=O)NCCc2c[nH]c3ccccc23)cc1=O. The van der Waals surface area contributed by atoms with Gasteiger partial charge in [0.1, 0.15) is 5.69 Å². The van der Waals surface area contributed by atoms with Crippen LogP contribution in [0.5, 0.6) is 5.75 Å². The van der Waals surface area contributed by atoms with Crippen molar-refractivity contribution in [1.82, 2.24) is 15.3 Å². The van der Waals surface area contributed by atoms with Gasteiger partial charge in [-0.25, -0.2) is 0 Å². The van der Waals surface area contributed by atoms with Gasteiger partial charge in [-0.2, -0.15) is 0 Å². The van der Waals surface area contributed by atoms with E-state index in [-0.39, 0.29) is 22.8 Å². The molecule has 6 nitrogen and oxygen atoms in total. The van der Waals surface area contributed by atoms with Crippen LogP contribution in [0.25, 0.3) is 10.9 Å². The molecule has 118 valence electrons. The van der Waals surface area contributed by atoms with E-state index in [1.165, 1.54) is 19.4 Å². The Morgan fingerprint density at radius 1 is 1.22 bits per heavy atom. The number of rotatable bonds is 5. The number of carbonyl (C=O) groups is 1. The molecule has 0 unspecified atom stereocenters. The first-order valence-corrected chi connectivity index (χ1v) is 7.29. The Labute approximate surface area is 132 Å². The van der Waals surface area contributed by atoms with Crippen molar-refractivity contribution in [3.63, 3.8) is 0 Å². The van der Waals surface area contributed by atoms with Gasteiger partial charge < -0.3 is 20.0 Å². The molecule has 1 aromatic carbocycles. The zero-order valence-corrected chi connectivity index (χ0v) is 12.7. The van der Waals surface area contributed by atoms with Crippen LogP contribution < -0.4 is 15.5 Å². The van der Waals surface area contributed by atoms with Gasteiger partial charge in [0, 0.05) is 35.9 Å². The molecule has 3 N–H and O–H groups in total. The topological polar surface area (TPSA) is 87.0 Å². The summed E-state index contributed by atoms with van der Waals surface area (Å²) in [7, 11) is 1.41. The molecule has 1 amide bonds. The highest BCUT2D eigenvalue weighted by molar-refractivity contribution is 5.92. The number of aromatic nitrogens is 2. The number of fused-ring (bicyclic) bond motifs is 1. The maximum Gasteiger partial charge on any atom is 0.267 e. The predicted molar refractivity (Wildman–Crippen MR) is 88.0 cm³/mol. The van der Waals surface area contributed by atoms with Crippen LogP contribution >= 0.6 is 0 Å². The lowest BCUT2D eigenvalue weighted by atomic mass is 10.1. The van der Waals surface area contributed by atoms with E-state index in [9.17, 15) is 9.59 Å². The quantitative estimate of drug-likeness (QED) is 0.672. The summed E-state index contributed by atoms with van der Waals surface area (Å²) >= 11 is 0. The Morgan fingerprint density at radius 2 is 2.04 bits per heavy atom. The molecular weight excluding hydrogens is 294 g/mol. The number of aromatic amines is 2. The molecule has 6 heteroatoms. The van der Waals surface area contributed by atoms with Gasteiger partial charge in [0.25, 0.3) is 5.91 Å². The molecular formula is C17H17N3O3. The Morgan fingerprint density at radius 3 is 2.83 bits per heavy atom. The van der Waals surface area contributed by atoms with Gasteiger partial charge in [0.05, 0.1) is 7.11 Å². The van der Waals surface area contributed by atoms with E-state index < -0.39 is 0 Å². The smallest absolute Gasteiger partial charge is 0.267 e. The number of H-pyrrole nitrogens is 2. The molecule has 3 aromatic rings. The fourth-order valence-corrected chi connectivity index (χ4v) is 2.49. The van der Waals surface area contributed by atoms with Gasteiger partial charge in [0.15, 0.2) is 5.75 Å². The summed E-state index contributed by atoms with van der Waals surface area (Å²) < 4.78 is 4.87. The standard InChI is InChI=1S/C17H17N3O3/c1-23-16-10-20-14(8-15(16)21)17(22)18-7-6-11-9-19-13-5-3-2-4-12(11)13/h2-5,8-10,19H,6-7H2,1H3,(H,18,22)(H,20,21). The summed E-state index contributed by atoms with van der Waals surface area (Å²) in [6, 6.07) is 9.26. The van der Waals surface area contributed by atoms with E-state index in [1.807, 2.05) is 30.5 Å². The van der Waals surface area contributed by atoms with Crippen LogP contribution in [0.2, 0.25) is 0 Å². The molecule has 0 spiro atoms. The van der Waals surface area contributed by atoms with Crippen molar-refractivity contribution in [2.45, 2.75) is 6.42 Å². The third-order valence-corrected chi connectivity index (χ3v) is 3.70. The zero-order valence-electron chi connectivity index (χ0n) is 12.7. The van der Waals surface area contributed by atoms with Crippen LogP contribution in [-0.2, 0) is 6.42 Å². The average Bonchev–Trinajstić information content (AvgIpc) is 2.98. The second-order valence-electron chi connectivity index (χ2n) is 5.14. The Kier molecular flexibility index (Phi) is 4.14. The van der Waals surface area contributed by atoms with Gasteiger partial charge in [-0.05, 0) is 18.1 Å². The fourth-order valence-electron chi connectivity index (χ4n) is 2.49. The average molecular weight is 311 g/mol. The summed E-state index contributed by atoms with van der Waals surface area (Å²) in [6.07, 6.45) is 4.04. The number of nitrogens with one attached hydrogen (secondary N) is 3. The largest absolute Gasteiger partial charge is 0.491 e. The second kappa shape index (κ2) is 6.39. The molecule has 0 aliphatic heterocycles. The van der Waals surface area contributed by atoms with Crippen molar-refractivity contribution in [2.75, 3.05) is 13.7 Å². The molecule has 0 fully saturated rings. The van der Waals surface area contributed by atoms with E-state index in [1.54, 1.807) is 0 Å². The third kappa shape index (κ3) is 3.11. The lowest BCUT2D eigenvalue weighted by Gasteiger charge is -2.05. The predicted octanol–water partition coefficient (Wildman–Crippen LogP) is 1.84. The van der Waals surface area contributed by atoms with E-state index in [2.05, 4.69) is 15.3 Å². The van der Waals surface area contributed by atoms with Crippen LogP contribution in [0.3, 0.4) is 0 Å².